The first-order valence-electron chi connectivity index (χ1n) is 10.1. The van der Waals surface area contributed by atoms with Crippen molar-refractivity contribution in [3.8, 4) is 0 Å². The highest BCUT2D eigenvalue weighted by molar-refractivity contribution is 8.08. The van der Waals surface area contributed by atoms with Gasteiger partial charge in [0.25, 0.3) is 0 Å². The number of hydrogen-bond donors (Lipinski definition) is 0. The fraction of sp³-hybridized carbons (Fsp3) is 0.417. The molecule has 2 rings (SSSR count). The van der Waals surface area contributed by atoms with Crippen LogP contribution in [0.3, 0.4) is 0 Å². The van der Waals surface area contributed by atoms with E-state index in [2.05, 4.69) is 25.3 Å². The molecule has 2 aromatic rings. The Labute approximate surface area is 170 Å². The summed E-state index contributed by atoms with van der Waals surface area (Å²) in [4.78, 5) is 0.104. The second kappa shape index (κ2) is 12.3. The van der Waals surface area contributed by atoms with Crippen molar-refractivity contribution in [3.05, 3.63) is 72.8 Å². The first-order valence-corrected chi connectivity index (χ1v) is 13.2. The molecule has 1 unspecified atom stereocenters. The summed E-state index contributed by atoms with van der Waals surface area (Å²) >= 11 is 1.74. The van der Waals surface area contributed by atoms with E-state index in [1.54, 1.807) is 11.8 Å². The molecular weight excluding hydrogens is 367 g/mol. The summed E-state index contributed by atoms with van der Waals surface area (Å²) in [7, 11) is -2.68. The van der Waals surface area contributed by atoms with E-state index >= 15 is 0 Å². The SMILES string of the molecule is CCCCCC/C=C\CCC(SC)P(=O)(c1ccccc1)c1ccccc1. The average Bonchev–Trinajstić information content (AvgIpc) is 2.73. The first kappa shape index (κ1) is 22.1. The highest BCUT2D eigenvalue weighted by Crippen LogP contribution is 2.54. The third-order valence-corrected chi connectivity index (χ3v) is 10.4. The lowest BCUT2D eigenvalue weighted by molar-refractivity contribution is 0.583. The van der Waals surface area contributed by atoms with Gasteiger partial charge < -0.3 is 4.57 Å². The first-order chi connectivity index (χ1) is 13.2. The second-order valence-electron chi connectivity index (χ2n) is 6.92. The fourth-order valence-electron chi connectivity index (χ4n) is 3.39. The molecule has 0 amide bonds. The molecule has 0 saturated carbocycles. The smallest absolute Gasteiger partial charge is 0.155 e. The largest absolute Gasteiger partial charge is 0.312 e. The van der Waals surface area contributed by atoms with Crippen LogP contribution in [0.15, 0.2) is 72.8 Å². The van der Waals surface area contributed by atoms with Gasteiger partial charge in [-0.15, -0.1) is 0 Å². The van der Waals surface area contributed by atoms with Gasteiger partial charge in [-0.1, -0.05) is 99.0 Å². The predicted octanol–water partition coefficient (Wildman–Crippen LogP) is 7.00. The molecule has 0 N–H and O–H groups in total. The van der Waals surface area contributed by atoms with E-state index in [1.807, 2.05) is 60.7 Å². The van der Waals surface area contributed by atoms with Crippen molar-refractivity contribution in [1.82, 2.24) is 0 Å². The van der Waals surface area contributed by atoms with E-state index in [1.165, 1.54) is 32.1 Å². The number of unbranched alkanes of at least 4 members (excludes halogenated alkanes) is 4. The Morgan fingerprint density at radius 3 is 1.93 bits per heavy atom. The van der Waals surface area contributed by atoms with Crippen LogP contribution in [0, 0.1) is 0 Å². The maximum Gasteiger partial charge on any atom is 0.155 e. The molecule has 0 aromatic heterocycles. The lowest BCUT2D eigenvalue weighted by Crippen LogP contribution is -2.23. The van der Waals surface area contributed by atoms with E-state index in [0.29, 0.717) is 0 Å². The molecule has 146 valence electrons. The molecule has 0 saturated heterocycles. The summed E-state index contributed by atoms with van der Waals surface area (Å²) in [6, 6.07) is 20.1. The normalized spacial score (nSPS) is 13.1. The molecule has 0 aliphatic heterocycles. The lowest BCUT2D eigenvalue weighted by atomic mass is 10.1. The molecule has 0 heterocycles. The zero-order valence-corrected chi connectivity index (χ0v) is 18.4. The minimum absolute atomic E-state index is 0.104. The van der Waals surface area contributed by atoms with Crippen LogP contribution >= 0.6 is 18.9 Å². The predicted molar refractivity (Wildman–Crippen MR) is 124 cm³/mol. The van der Waals surface area contributed by atoms with Gasteiger partial charge in [-0.3, -0.25) is 0 Å². The Bertz CT molecular complexity index is 668. The maximum absolute atomic E-state index is 14.3. The van der Waals surface area contributed by atoms with Gasteiger partial charge in [-0.2, -0.15) is 11.8 Å². The van der Waals surface area contributed by atoms with Crippen LogP contribution in [0.1, 0.15) is 51.9 Å². The van der Waals surface area contributed by atoms with Gasteiger partial charge in [0.15, 0.2) is 7.14 Å². The minimum Gasteiger partial charge on any atom is -0.312 e. The molecule has 27 heavy (non-hydrogen) atoms. The zero-order chi connectivity index (χ0) is 19.4. The Morgan fingerprint density at radius 2 is 1.41 bits per heavy atom. The van der Waals surface area contributed by atoms with E-state index in [4.69, 9.17) is 0 Å². The summed E-state index contributed by atoms with van der Waals surface area (Å²) in [5, 5.41) is 1.94. The number of allylic oxidation sites excluding steroid dienone is 2. The Balaban J connectivity index is 2.10. The second-order valence-corrected chi connectivity index (χ2v) is 11.3. The molecule has 1 nitrogen and oxygen atoms in total. The van der Waals surface area contributed by atoms with Gasteiger partial charge in [0.2, 0.25) is 0 Å². The maximum atomic E-state index is 14.3. The van der Waals surface area contributed by atoms with Crippen molar-refractivity contribution in [1.29, 1.82) is 0 Å². The monoisotopic (exact) mass is 400 g/mol. The van der Waals surface area contributed by atoms with Gasteiger partial charge in [0.05, 0.1) is 4.99 Å². The third kappa shape index (κ3) is 6.40. The van der Waals surface area contributed by atoms with Crippen LogP contribution in [-0.2, 0) is 4.57 Å². The molecule has 0 aliphatic rings. The highest BCUT2D eigenvalue weighted by atomic mass is 32.2. The van der Waals surface area contributed by atoms with Crippen molar-refractivity contribution >= 4 is 29.5 Å². The van der Waals surface area contributed by atoms with Gasteiger partial charge in [0, 0.05) is 10.6 Å². The molecule has 0 bridgehead atoms. The lowest BCUT2D eigenvalue weighted by Gasteiger charge is -2.27. The minimum atomic E-state index is -2.68. The van der Waals surface area contributed by atoms with E-state index < -0.39 is 7.14 Å². The molecule has 0 fully saturated rings. The highest BCUT2D eigenvalue weighted by Gasteiger charge is 2.35. The standard InChI is InChI=1S/C24H33OPS/c1-3-4-5-6-7-8-9-16-21-24(27-2)26(25,22-17-12-10-13-18-22)23-19-14-11-15-20-23/h8-15,17-20,24H,3-7,16,21H2,1-2H3/b9-8-. The molecule has 0 aliphatic carbocycles. The van der Waals surface area contributed by atoms with Crippen LogP contribution in [0.4, 0.5) is 0 Å². The molecule has 0 radical (unpaired) electrons. The quantitative estimate of drug-likeness (QED) is 0.217. The van der Waals surface area contributed by atoms with E-state index in [-0.39, 0.29) is 4.99 Å². The van der Waals surface area contributed by atoms with Crippen LogP contribution in [0.25, 0.3) is 0 Å². The number of benzene rings is 2. The number of thioether (sulfide) groups is 1. The average molecular weight is 401 g/mol. The summed E-state index contributed by atoms with van der Waals surface area (Å²) in [6.07, 6.45) is 15.0. The van der Waals surface area contributed by atoms with E-state index in [9.17, 15) is 4.57 Å². The van der Waals surface area contributed by atoms with Crippen LogP contribution in [-0.4, -0.2) is 11.2 Å². The van der Waals surface area contributed by atoms with Crippen LogP contribution < -0.4 is 10.6 Å². The van der Waals surface area contributed by atoms with Gasteiger partial charge in [-0.05, 0) is 31.9 Å². The number of hydrogen-bond acceptors (Lipinski definition) is 2. The topological polar surface area (TPSA) is 17.1 Å². The summed E-state index contributed by atoms with van der Waals surface area (Å²) in [5.41, 5.74) is 0. The van der Waals surface area contributed by atoms with Crippen LogP contribution in [0.5, 0.6) is 0 Å². The summed E-state index contributed by atoms with van der Waals surface area (Å²) in [5.74, 6) is 0. The molecule has 3 heteroatoms. The van der Waals surface area contributed by atoms with Crippen LogP contribution in [0.2, 0.25) is 0 Å². The Hall–Kier alpha value is -1.24. The summed E-state index contributed by atoms with van der Waals surface area (Å²) in [6.45, 7) is 2.25. The zero-order valence-electron chi connectivity index (χ0n) is 16.7. The molecular formula is C24H33OPS. The van der Waals surface area contributed by atoms with Crippen molar-refractivity contribution in [2.75, 3.05) is 6.26 Å². The van der Waals surface area contributed by atoms with Crippen molar-refractivity contribution in [2.24, 2.45) is 0 Å². The number of rotatable bonds is 12. The van der Waals surface area contributed by atoms with Crippen molar-refractivity contribution in [2.45, 2.75) is 56.9 Å². The Kier molecular flexibility index (Phi) is 10.0. The van der Waals surface area contributed by atoms with Crippen molar-refractivity contribution in [3.63, 3.8) is 0 Å². The van der Waals surface area contributed by atoms with Gasteiger partial charge >= 0.3 is 0 Å². The van der Waals surface area contributed by atoms with E-state index in [0.717, 1.165) is 23.5 Å². The molecule has 0 spiro atoms. The van der Waals surface area contributed by atoms with Crippen molar-refractivity contribution < 1.29 is 4.57 Å². The molecule has 1 atom stereocenters. The van der Waals surface area contributed by atoms with Gasteiger partial charge in [-0.25, -0.2) is 0 Å². The fourth-order valence-corrected chi connectivity index (χ4v) is 8.39. The Morgan fingerprint density at radius 1 is 0.852 bits per heavy atom. The summed E-state index contributed by atoms with van der Waals surface area (Å²) < 4.78 is 14.3. The molecule has 2 aromatic carbocycles. The third-order valence-electron chi connectivity index (χ3n) is 4.93. The van der Waals surface area contributed by atoms with Gasteiger partial charge in [0.1, 0.15) is 0 Å².